The van der Waals surface area contributed by atoms with Crippen LogP contribution < -0.4 is 0 Å². The molecule has 1 unspecified atom stereocenters. The molecule has 1 fully saturated rings. The molecular formula is C14H26N2O3. The molecule has 0 spiro atoms. The molecule has 1 amide bonds. The Labute approximate surface area is 115 Å². The first-order valence-electron chi connectivity index (χ1n) is 7.03. The molecule has 5 nitrogen and oxygen atoms in total. The number of amides is 1. The summed E-state index contributed by atoms with van der Waals surface area (Å²) in [5, 5.41) is 8.93. The fraction of sp³-hybridized carbons (Fsp3) is 0.857. The van der Waals surface area contributed by atoms with Crippen LogP contribution in [-0.2, 0) is 9.59 Å². The van der Waals surface area contributed by atoms with Crippen LogP contribution in [0, 0.1) is 11.8 Å². The normalized spacial score (nSPS) is 18.9. The number of likely N-dealkylation sites (tertiary alicyclic amines) is 1. The van der Waals surface area contributed by atoms with Crippen molar-refractivity contribution < 1.29 is 14.7 Å². The standard InChI is InChI=1S/C14H26N2O3/c1-10(2)11(3)15(4)9-13(17)16-7-5-12(6-8-16)14(18)19/h10-12H,5-9H2,1-4H3,(H,18,19). The minimum atomic E-state index is -0.738. The van der Waals surface area contributed by atoms with Gasteiger partial charge in [0.2, 0.25) is 5.91 Å². The van der Waals surface area contributed by atoms with Gasteiger partial charge in [-0.3, -0.25) is 14.5 Å². The third-order valence-electron chi connectivity index (χ3n) is 4.24. The highest BCUT2D eigenvalue weighted by Crippen LogP contribution is 2.18. The van der Waals surface area contributed by atoms with Gasteiger partial charge in [0.1, 0.15) is 0 Å². The van der Waals surface area contributed by atoms with Crippen LogP contribution >= 0.6 is 0 Å². The number of rotatable bonds is 5. The van der Waals surface area contributed by atoms with E-state index in [0.29, 0.717) is 44.4 Å². The number of carbonyl (C=O) groups is 2. The Kier molecular flexibility index (Phi) is 5.79. The maximum absolute atomic E-state index is 12.1. The van der Waals surface area contributed by atoms with Gasteiger partial charge < -0.3 is 10.0 Å². The Morgan fingerprint density at radius 1 is 1.26 bits per heavy atom. The van der Waals surface area contributed by atoms with Crippen molar-refractivity contribution in [3.8, 4) is 0 Å². The van der Waals surface area contributed by atoms with E-state index in [0.717, 1.165) is 0 Å². The van der Waals surface area contributed by atoms with E-state index >= 15 is 0 Å². The number of hydrogen-bond acceptors (Lipinski definition) is 3. The molecule has 19 heavy (non-hydrogen) atoms. The van der Waals surface area contributed by atoms with Crippen LogP contribution in [0.25, 0.3) is 0 Å². The van der Waals surface area contributed by atoms with Crippen molar-refractivity contribution in [3.63, 3.8) is 0 Å². The van der Waals surface area contributed by atoms with Crippen LogP contribution in [0.15, 0.2) is 0 Å². The average Bonchev–Trinajstić information content (AvgIpc) is 2.37. The van der Waals surface area contributed by atoms with E-state index in [-0.39, 0.29) is 11.8 Å². The summed E-state index contributed by atoms with van der Waals surface area (Å²) >= 11 is 0. The summed E-state index contributed by atoms with van der Waals surface area (Å²) in [4.78, 5) is 26.9. The second-order valence-corrected chi connectivity index (χ2v) is 5.89. The summed E-state index contributed by atoms with van der Waals surface area (Å²) in [6.45, 7) is 7.96. The summed E-state index contributed by atoms with van der Waals surface area (Å²) in [5.41, 5.74) is 0. The predicted octanol–water partition coefficient (Wildman–Crippen LogP) is 1.29. The van der Waals surface area contributed by atoms with Crippen LogP contribution in [0.4, 0.5) is 0 Å². The summed E-state index contributed by atoms with van der Waals surface area (Å²) in [6, 6.07) is 0.362. The third-order valence-corrected chi connectivity index (χ3v) is 4.24. The van der Waals surface area contributed by atoms with Gasteiger partial charge in [-0.1, -0.05) is 13.8 Å². The quantitative estimate of drug-likeness (QED) is 0.817. The van der Waals surface area contributed by atoms with Crippen molar-refractivity contribution in [1.82, 2.24) is 9.80 Å². The Morgan fingerprint density at radius 3 is 2.21 bits per heavy atom. The molecule has 0 radical (unpaired) electrons. The molecular weight excluding hydrogens is 244 g/mol. The minimum Gasteiger partial charge on any atom is -0.481 e. The monoisotopic (exact) mass is 270 g/mol. The summed E-state index contributed by atoms with van der Waals surface area (Å²) in [5.74, 6) is -0.400. The van der Waals surface area contributed by atoms with Gasteiger partial charge in [0.05, 0.1) is 12.5 Å². The Bertz CT molecular complexity index is 323. The fourth-order valence-electron chi connectivity index (χ4n) is 2.34. The first-order valence-corrected chi connectivity index (χ1v) is 7.03. The highest BCUT2D eigenvalue weighted by molar-refractivity contribution is 5.79. The molecule has 110 valence electrons. The molecule has 1 aliphatic rings. The number of hydrogen-bond donors (Lipinski definition) is 1. The Hall–Kier alpha value is -1.10. The lowest BCUT2D eigenvalue weighted by atomic mass is 9.97. The molecule has 0 bridgehead atoms. The van der Waals surface area contributed by atoms with Gasteiger partial charge in [-0.15, -0.1) is 0 Å². The molecule has 0 aromatic heterocycles. The SMILES string of the molecule is CC(C)C(C)N(C)CC(=O)N1CCC(C(=O)O)CC1. The summed E-state index contributed by atoms with van der Waals surface area (Å²) in [7, 11) is 1.96. The Morgan fingerprint density at radius 2 is 1.79 bits per heavy atom. The van der Waals surface area contributed by atoms with Crippen molar-refractivity contribution in [1.29, 1.82) is 0 Å². The molecule has 1 N–H and O–H groups in total. The van der Waals surface area contributed by atoms with Crippen LogP contribution in [0.3, 0.4) is 0 Å². The van der Waals surface area contributed by atoms with E-state index in [2.05, 4.69) is 25.7 Å². The van der Waals surface area contributed by atoms with Crippen molar-refractivity contribution in [2.75, 3.05) is 26.7 Å². The molecule has 1 atom stereocenters. The van der Waals surface area contributed by atoms with Crippen molar-refractivity contribution in [3.05, 3.63) is 0 Å². The van der Waals surface area contributed by atoms with E-state index in [1.54, 1.807) is 4.90 Å². The fourth-order valence-corrected chi connectivity index (χ4v) is 2.34. The van der Waals surface area contributed by atoms with E-state index in [1.807, 2.05) is 7.05 Å². The first-order chi connectivity index (χ1) is 8.82. The maximum atomic E-state index is 12.1. The van der Waals surface area contributed by atoms with Crippen LogP contribution in [-0.4, -0.2) is 59.5 Å². The van der Waals surface area contributed by atoms with Crippen LogP contribution in [0.5, 0.6) is 0 Å². The molecule has 0 aromatic carbocycles. The second kappa shape index (κ2) is 6.89. The van der Waals surface area contributed by atoms with Crippen LogP contribution in [0.1, 0.15) is 33.6 Å². The highest BCUT2D eigenvalue weighted by Gasteiger charge is 2.27. The molecule has 0 saturated carbocycles. The number of aliphatic carboxylic acids is 1. The number of likely N-dealkylation sites (N-methyl/N-ethyl adjacent to an activating group) is 1. The molecule has 1 aliphatic heterocycles. The van der Waals surface area contributed by atoms with Gasteiger partial charge >= 0.3 is 5.97 Å². The predicted molar refractivity (Wildman–Crippen MR) is 73.9 cm³/mol. The third kappa shape index (κ3) is 4.49. The Balaban J connectivity index is 2.41. The van der Waals surface area contributed by atoms with Gasteiger partial charge in [0.15, 0.2) is 0 Å². The molecule has 0 aromatic rings. The lowest BCUT2D eigenvalue weighted by Gasteiger charge is -2.33. The maximum Gasteiger partial charge on any atom is 0.306 e. The number of piperidine rings is 1. The highest BCUT2D eigenvalue weighted by atomic mass is 16.4. The zero-order valence-electron chi connectivity index (χ0n) is 12.4. The number of carboxylic acid groups (broad SMARTS) is 1. The zero-order chi connectivity index (χ0) is 14.6. The topological polar surface area (TPSA) is 60.9 Å². The number of carboxylic acids is 1. The van der Waals surface area contributed by atoms with Gasteiger partial charge in [0, 0.05) is 19.1 Å². The van der Waals surface area contributed by atoms with Crippen molar-refractivity contribution >= 4 is 11.9 Å². The lowest BCUT2D eigenvalue weighted by molar-refractivity contribution is -0.146. The second-order valence-electron chi connectivity index (χ2n) is 5.89. The van der Waals surface area contributed by atoms with Crippen molar-refractivity contribution in [2.45, 2.75) is 39.7 Å². The van der Waals surface area contributed by atoms with Gasteiger partial charge in [-0.25, -0.2) is 0 Å². The summed E-state index contributed by atoms with van der Waals surface area (Å²) < 4.78 is 0. The lowest BCUT2D eigenvalue weighted by Crippen LogP contribution is -2.46. The van der Waals surface area contributed by atoms with Crippen molar-refractivity contribution in [2.24, 2.45) is 11.8 Å². The van der Waals surface area contributed by atoms with E-state index in [9.17, 15) is 9.59 Å². The smallest absolute Gasteiger partial charge is 0.306 e. The minimum absolute atomic E-state index is 0.110. The summed E-state index contributed by atoms with van der Waals surface area (Å²) in [6.07, 6.45) is 1.15. The molecule has 0 aliphatic carbocycles. The first kappa shape index (κ1) is 16.0. The van der Waals surface area contributed by atoms with E-state index < -0.39 is 5.97 Å². The zero-order valence-corrected chi connectivity index (χ0v) is 12.4. The van der Waals surface area contributed by atoms with Gasteiger partial charge in [0.25, 0.3) is 0 Å². The number of nitrogens with zero attached hydrogens (tertiary/aromatic N) is 2. The molecule has 5 heteroatoms. The molecule has 1 heterocycles. The van der Waals surface area contributed by atoms with E-state index in [4.69, 9.17) is 5.11 Å². The molecule has 1 saturated heterocycles. The van der Waals surface area contributed by atoms with Crippen LogP contribution in [0.2, 0.25) is 0 Å². The molecule has 1 rings (SSSR count). The van der Waals surface area contributed by atoms with Gasteiger partial charge in [-0.2, -0.15) is 0 Å². The number of carbonyl (C=O) groups excluding carboxylic acids is 1. The van der Waals surface area contributed by atoms with E-state index in [1.165, 1.54) is 0 Å². The largest absolute Gasteiger partial charge is 0.481 e. The average molecular weight is 270 g/mol. The van der Waals surface area contributed by atoms with Gasteiger partial charge in [-0.05, 0) is 32.7 Å².